The highest BCUT2D eigenvalue weighted by Crippen LogP contribution is 2.45. The van der Waals surface area contributed by atoms with Crippen molar-refractivity contribution in [2.24, 2.45) is 17.8 Å². The van der Waals surface area contributed by atoms with Gasteiger partial charge in [-0.2, -0.15) is 0 Å². The number of hydrogen-bond donors (Lipinski definition) is 0. The fourth-order valence-corrected chi connectivity index (χ4v) is 4.71. The van der Waals surface area contributed by atoms with E-state index in [0.29, 0.717) is 0 Å². The Morgan fingerprint density at radius 2 is 1.91 bits per heavy atom. The van der Waals surface area contributed by atoms with Gasteiger partial charge in [0.15, 0.2) is 0 Å². The molecule has 0 aromatic carbocycles. The molecule has 1 atom stereocenters. The van der Waals surface area contributed by atoms with Crippen LogP contribution >= 0.6 is 0 Å². The van der Waals surface area contributed by atoms with Crippen LogP contribution in [0.1, 0.15) is 58.8 Å². The highest BCUT2D eigenvalue weighted by atomic mass is 16.5. The zero-order valence-electron chi connectivity index (χ0n) is 14.2. The van der Waals surface area contributed by atoms with Gasteiger partial charge in [0.1, 0.15) is 6.29 Å². The predicted molar refractivity (Wildman–Crippen MR) is 88.5 cm³/mol. The van der Waals surface area contributed by atoms with E-state index >= 15 is 0 Å². The Hall–Kier alpha value is -0.830. The molecule has 2 aliphatic heterocycles. The van der Waals surface area contributed by atoms with Gasteiger partial charge in [0, 0.05) is 43.5 Å². The van der Waals surface area contributed by atoms with Crippen molar-refractivity contribution in [1.29, 1.82) is 0 Å². The predicted octanol–water partition coefficient (Wildman–Crippen LogP) is 3.79. The summed E-state index contributed by atoms with van der Waals surface area (Å²) < 4.78 is 5.50. The quantitative estimate of drug-likeness (QED) is 0.740. The fraction of sp³-hybridized carbons (Fsp3) is 0.842. The van der Waals surface area contributed by atoms with Gasteiger partial charge < -0.3 is 9.64 Å². The van der Waals surface area contributed by atoms with E-state index in [0.717, 1.165) is 55.8 Å². The molecule has 0 aromatic heterocycles. The SMILES string of the molecule is CC1CCC(C2(C)CC(C=O)=CN2CC2CCOCC2)CC1. The Labute approximate surface area is 135 Å². The van der Waals surface area contributed by atoms with Gasteiger partial charge in [-0.1, -0.05) is 19.8 Å². The average Bonchev–Trinajstić information content (AvgIpc) is 2.86. The first-order valence-electron chi connectivity index (χ1n) is 9.12. The molecule has 0 amide bonds. The lowest BCUT2D eigenvalue weighted by molar-refractivity contribution is -0.105. The van der Waals surface area contributed by atoms with Gasteiger partial charge in [0.25, 0.3) is 0 Å². The van der Waals surface area contributed by atoms with Crippen molar-refractivity contribution >= 4 is 6.29 Å². The van der Waals surface area contributed by atoms with Crippen molar-refractivity contribution in [2.45, 2.75) is 64.3 Å². The maximum atomic E-state index is 11.4. The molecule has 1 saturated carbocycles. The Kier molecular flexibility index (Phi) is 4.91. The highest BCUT2D eigenvalue weighted by molar-refractivity contribution is 5.74. The summed E-state index contributed by atoms with van der Waals surface area (Å²) >= 11 is 0. The average molecular weight is 305 g/mol. The van der Waals surface area contributed by atoms with Crippen molar-refractivity contribution < 1.29 is 9.53 Å². The summed E-state index contributed by atoms with van der Waals surface area (Å²) in [6, 6.07) is 0. The van der Waals surface area contributed by atoms with E-state index in [1.54, 1.807) is 0 Å². The lowest BCUT2D eigenvalue weighted by Crippen LogP contribution is -2.49. The number of hydrogen-bond acceptors (Lipinski definition) is 3. The van der Waals surface area contributed by atoms with E-state index in [4.69, 9.17) is 4.74 Å². The first kappa shape index (κ1) is 16.0. The number of ether oxygens (including phenoxy) is 1. The van der Waals surface area contributed by atoms with Crippen LogP contribution in [0.4, 0.5) is 0 Å². The van der Waals surface area contributed by atoms with E-state index in [1.165, 1.54) is 38.5 Å². The van der Waals surface area contributed by atoms with Crippen molar-refractivity contribution in [1.82, 2.24) is 4.90 Å². The molecule has 124 valence electrons. The van der Waals surface area contributed by atoms with Crippen LogP contribution in [0, 0.1) is 17.8 Å². The minimum absolute atomic E-state index is 0.161. The first-order valence-corrected chi connectivity index (χ1v) is 9.12. The molecule has 1 unspecified atom stereocenters. The molecular weight excluding hydrogens is 274 g/mol. The van der Waals surface area contributed by atoms with Crippen LogP contribution in [0.3, 0.4) is 0 Å². The van der Waals surface area contributed by atoms with Gasteiger partial charge in [0.2, 0.25) is 0 Å². The number of carbonyl (C=O) groups excluding carboxylic acids is 1. The molecule has 1 aliphatic carbocycles. The Morgan fingerprint density at radius 1 is 1.23 bits per heavy atom. The third-order valence-corrected chi connectivity index (χ3v) is 6.38. The van der Waals surface area contributed by atoms with Gasteiger partial charge in [-0.3, -0.25) is 4.79 Å². The summed E-state index contributed by atoms with van der Waals surface area (Å²) in [7, 11) is 0. The smallest absolute Gasteiger partial charge is 0.147 e. The second kappa shape index (κ2) is 6.74. The second-order valence-corrected chi connectivity index (χ2v) is 8.02. The molecule has 0 aromatic rings. The lowest BCUT2D eigenvalue weighted by atomic mass is 9.71. The number of rotatable bonds is 4. The summed E-state index contributed by atoms with van der Waals surface area (Å²) in [6.07, 6.45) is 11.9. The molecule has 22 heavy (non-hydrogen) atoms. The van der Waals surface area contributed by atoms with Gasteiger partial charge in [-0.05, 0) is 50.4 Å². The molecule has 2 fully saturated rings. The maximum absolute atomic E-state index is 11.4. The zero-order chi connectivity index (χ0) is 15.6. The molecular formula is C19H31NO2. The van der Waals surface area contributed by atoms with Gasteiger partial charge in [-0.25, -0.2) is 0 Å². The summed E-state index contributed by atoms with van der Waals surface area (Å²) in [5.41, 5.74) is 1.16. The summed E-state index contributed by atoms with van der Waals surface area (Å²) in [4.78, 5) is 13.9. The molecule has 0 radical (unpaired) electrons. The van der Waals surface area contributed by atoms with Gasteiger partial charge in [-0.15, -0.1) is 0 Å². The van der Waals surface area contributed by atoms with E-state index < -0.39 is 0 Å². The van der Waals surface area contributed by atoms with Crippen LogP contribution in [0.2, 0.25) is 0 Å². The molecule has 3 heteroatoms. The Balaban J connectivity index is 1.71. The third kappa shape index (κ3) is 3.24. The molecule has 1 saturated heterocycles. The normalized spacial score (nSPS) is 37.2. The van der Waals surface area contributed by atoms with Crippen molar-refractivity contribution in [3.05, 3.63) is 11.8 Å². The minimum Gasteiger partial charge on any atom is -0.381 e. The van der Waals surface area contributed by atoms with E-state index in [2.05, 4.69) is 24.9 Å². The summed E-state index contributed by atoms with van der Waals surface area (Å²) in [6.45, 7) is 7.69. The third-order valence-electron chi connectivity index (χ3n) is 6.38. The lowest BCUT2D eigenvalue weighted by Gasteiger charge is -2.47. The first-order chi connectivity index (χ1) is 10.6. The monoisotopic (exact) mass is 305 g/mol. The minimum atomic E-state index is 0.161. The van der Waals surface area contributed by atoms with Crippen LogP contribution in [-0.4, -0.2) is 36.5 Å². The fourth-order valence-electron chi connectivity index (χ4n) is 4.71. The number of nitrogens with zero attached hydrogens (tertiary/aromatic N) is 1. The molecule has 0 N–H and O–H groups in total. The zero-order valence-corrected chi connectivity index (χ0v) is 14.2. The van der Waals surface area contributed by atoms with E-state index in [1.807, 2.05) is 0 Å². The van der Waals surface area contributed by atoms with Gasteiger partial charge in [0.05, 0.1) is 0 Å². The molecule has 0 spiro atoms. The van der Waals surface area contributed by atoms with E-state index in [9.17, 15) is 4.79 Å². The van der Waals surface area contributed by atoms with E-state index in [-0.39, 0.29) is 5.54 Å². The Morgan fingerprint density at radius 3 is 2.55 bits per heavy atom. The second-order valence-electron chi connectivity index (χ2n) is 8.02. The molecule has 2 heterocycles. The molecule has 0 bridgehead atoms. The summed E-state index contributed by atoms with van der Waals surface area (Å²) in [5, 5.41) is 0. The largest absolute Gasteiger partial charge is 0.381 e. The van der Waals surface area contributed by atoms with Crippen molar-refractivity contribution in [3.63, 3.8) is 0 Å². The van der Waals surface area contributed by atoms with Gasteiger partial charge >= 0.3 is 0 Å². The maximum Gasteiger partial charge on any atom is 0.147 e. The van der Waals surface area contributed by atoms with Crippen molar-refractivity contribution in [3.8, 4) is 0 Å². The van der Waals surface area contributed by atoms with Crippen LogP contribution in [0.15, 0.2) is 11.8 Å². The molecule has 3 nitrogen and oxygen atoms in total. The number of aldehydes is 1. The molecule has 3 aliphatic rings. The van der Waals surface area contributed by atoms with Crippen LogP contribution in [-0.2, 0) is 9.53 Å². The highest BCUT2D eigenvalue weighted by Gasteiger charge is 2.44. The standard InChI is InChI=1S/C19H31NO2/c1-15-3-5-18(6-4-15)19(2)11-17(14-21)13-20(19)12-16-7-9-22-10-8-16/h13-16,18H,3-12H2,1-2H3. The summed E-state index contributed by atoms with van der Waals surface area (Å²) in [5.74, 6) is 2.33. The number of carbonyl (C=O) groups is 1. The molecule has 3 rings (SSSR count). The Bertz CT molecular complexity index is 419. The van der Waals surface area contributed by atoms with Crippen molar-refractivity contribution in [2.75, 3.05) is 19.8 Å². The van der Waals surface area contributed by atoms with Crippen LogP contribution in [0.5, 0.6) is 0 Å². The van der Waals surface area contributed by atoms with Crippen LogP contribution in [0.25, 0.3) is 0 Å². The van der Waals surface area contributed by atoms with Crippen LogP contribution < -0.4 is 0 Å². The topological polar surface area (TPSA) is 29.5 Å².